The molecule has 0 bridgehead atoms. The quantitative estimate of drug-likeness (QED) is 0.437. The number of hydrogen-bond donors (Lipinski definition) is 2. The number of nitrogens with one attached hydrogen (secondary N) is 2. The Kier molecular flexibility index (Phi) is 5.52. The van der Waals surface area contributed by atoms with Crippen LogP contribution in [0.15, 0.2) is 12.1 Å². The van der Waals surface area contributed by atoms with Crippen molar-refractivity contribution in [1.82, 2.24) is 4.98 Å². The summed E-state index contributed by atoms with van der Waals surface area (Å²) in [5, 5.41) is 16.4. The highest BCUT2D eigenvalue weighted by Gasteiger charge is 2.11. The zero-order valence-electron chi connectivity index (χ0n) is 10.8. The lowest BCUT2D eigenvalue weighted by molar-refractivity contribution is -0.384. The number of rotatable bonds is 7. The third-order valence-electron chi connectivity index (χ3n) is 2.10. The number of hydrogen-bond acceptors (Lipinski definition) is 7. The molecule has 0 spiro atoms. The minimum Gasteiger partial charge on any atom is -0.465 e. The molecule has 0 aliphatic heterocycles. The zero-order valence-corrected chi connectivity index (χ0v) is 10.8. The summed E-state index contributed by atoms with van der Waals surface area (Å²) in [5.41, 5.74) is -0.0997. The highest BCUT2D eigenvalue weighted by atomic mass is 16.6. The SMILES string of the molecule is CCNc1cc([N+](=O)[O-])cc(NCC(=O)OCC)n1. The lowest BCUT2D eigenvalue weighted by Gasteiger charge is -2.08. The molecule has 0 amide bonds. The second-order valence-electron chi connectivity index (χ2n) is 3.54. The van der Waals surface area contributed by atoms with Crippen LogP contribution in [0.3, 0.4) is 0 Å². The molecule has 0 fully saturated rings. The summed E-state index contributed by atoms with van der Waals surface area (Å²) in [6, 6.07) is 2.60. The first-order valence-corrected chi connectivity index (χ1v) is 5.86. The van der Waals surface area contributed by atoms with Crippen molar-refractivity contribution in [3.8, 4) is 0 Å². The van der Waals surface area contributed by atoms with E-state index in [1.807, 2.05) is 6.92 Å². The predicted molar refractivity (Wildman–Crippen MR) is 70.2 cm³/mol. The largest absolute Gasteiger partial charge is 0.465 e. The first-order chi connectivity index (χ1) is 9.06. The molecule has 0 atom stereocenters. The van der Waals surface area contributed by atoms with Crippen molar-refractivity contribution in [2.75, 3.05) is 30.3 Å². The van der Waals surface area contributed by atoms with E-state index >= 15 is 0 Å². The molecule has 1 rings (SSSR count). The van der Waals surface area contributed by atoms with Crippen molar-refractivity contribution in [2.24, 2.45) is 0 Å². The number of nitrogens with zero attached hydrogens (tertiary/aromatic N) is 2. The number of anilines is 2. The summed E-state index contributed by atoms with van der Waals surface area (Å²) >= 11 is 0. The molecule has 0 radical (unpaired) electrons. The highest BCUT2D eigenvalue weighted by molar-refractivity contribution is 5.74. The smallest absolute Gasteiger partial charge is 0.325 e. The van der Waals surface area contributed by atoms with Gasteiger partial charge in [0.2, 0.25) is 0 Å². The van der Waals surface area contributed by atoms with Crippen LogP contribution in [0.25, 0.3) is 0 Å². The summed E-state index contributed by atoms with van der Waals surface area (Å²) in [4.78, 5) is 25.6. The Balaban J connectivity index is 2.81. The Morgan fingerprint density at radius 1 is 1.37 bits per heavy atom. The van der Waals surface area contributed by atoms with Gasteiger partial charge in [0.15, 0.2) is 0 Å². The molecule has 1 aromatic rings. The summed E-state index contributed by atoms with van der Waals surface area (Å²) in [6.45, 7) is 4.34. The van der Waals surface area contributed by atoms with Gasteiger partial charge in [-0.05, 0) is 13.8 Å². The van der Waals surface area contributed by atoms with Crippen LogP contribution in [-0.2, 0) is 9.53 Å². The second kappa shape index (κ2) is 7.14. The topological polar surface area (TPSA) is 106 Å². The molecular weight excluding hydrogens is 252 g/mol. The summed E-state index contributed by atoms with van der Waals surface area (Å²) in [5.74, 6) is 0.182. The van der Waals surface area contributed by atoms with Crippen molar-refractivity contribution >= 4 is 23.3 Å². The predicted octanol–water partition coefficient (Wildman–Crippen LogP) is 1.40. The van der Waals surface area contributed by atoms with Crippen molar-refractivity contribution < 1.29 is 14.5 Å². The van der Waals surface area contributed by atoms with E-state index in [0.29, 0.717) is 12.4 Å². The number of carbonyl (C=O) groups is 1. The minimum absolute atomic E-state index is 0.0897. The molecular formula is C11H16N4O4. The summed E-state index contributed by atoms with van der Waals surface area (Å²) in [7, 11) is 0. The van der Waals surface area contributed by atoms with E-state index in [9.17, 15) is 14.9 Å². The van der Waals surface area contributed by atoms with Crippen LogP contribution < -0.4 is 10.6 Å². The molecule has 0 aromatic carbocycles. The van der Waals surface area contributed by atoms with Gasteiger partial charge in [-0.3, -0.25) is 14.9 Å². The van der Waals surface area contributed by atoms with Gasteiger partial charge >= 0.3 is 5.97 Å². The van der Waals surface area contributed by atoms with Crippen LogP contribution in [0, 0.1) is 10.1 Å². The second-order valence-corrected chi connectivity index (χ2v) is 3.54. The number of carbonyl (C=O) groups excluding carboxylic acids is 1. The van der Waals surface area contributed by atoms with Crippen LogP contribution in [0.2, 0.25) is 0 Å². The van der Waals surface area contributed by atoms with Gasteiger partial charge in [-0.2, -0.15) is 0 Å². The van der Waals surface area contributed by atoms with Crippen LogP contribution in [0.5, 0.6) is 0 Å². The maximum Gasteiger partial charge on any atom is 0.325 e. The number of ether oxygens (including phenoxy) is 1. The van der Waals surface area contributed by atoms with Crippen LogP contribution in [0.4, 0.5) is 17.3 Å². The summed E-state index contributed by atoms with van der Waals surface area (Å²) in [6.07, 6.45) is 0. The molecule has 104 valence electrons. The van der Waals surface area contributed by atoms with Gasteiger partial charge in [-0.25, -0.2) is 4.98 Å². The maximum atomic E-state index is 11.2. The van der Waals surface area contributed by atoms with Crippen molar-refractivity contribution in [2.45, 2.75) is 13.8 Å². The number of esters is 1. The van der Waals surface area contributed by atoms with E-state index in [0.717, 1.165) is 0 Å². The lowest BCUT2D eigenvalue weighted by atomic mass is 10.3. The number of aromatic nitrogens is 1. The monoisotopic (exact) mass is 268 g/mol. The molecule has 0 saturated carbocycles. The third-order valence-corrected chi connectivity index (χ3v) is 2.10. The van der Waals surface area contributed by atoms with E-state index < -0.39 is 10.9 Å². The van der Waals surface area contributed by atoms with E-state index in [2.05, 4.69) is 15.6 Å². The molecule has 19 heavy (non-hydrogen) atoms. The Bertz CT molecular complexity index is 464. The summed E-state index contributed by atoms with van der Waals surface area (Å²) < 4.78 is 4.74. The zero-order chi connectivity index (χ0) is 14.3. The van der Waals surface area contributed by atoms with Crippen LogP contribution in [0.1, 0.15) is 13.8 Å². The molecule has 0 aliphatic rings. The van der Waals surface area contributed by atoms with Crippen molar-refractivity contribution in [3.05, 3.63) is 22.2 Å². The number of nitro groups is 1. The molecule has 8 nitrogen and oxygen atoms in total. The Labute approximate surface area is 110 Å². The van der Waals surface area contributed by atoms with Gasteiger partial charge in [0.1, 0.15) is 18.2 Å². The van der Waals surface area contributed by atoms with E-state index in [1.54, 1.807) is 6.92 Å². The average Bonchev–Trinajstić information content (AvgIpc) is 2.37. The van der Waals surface area contributed by atoms with E-state index in [1.165, 1.54) is 12.1 Å². The molecule has 2 N–H and O–H groups in total. The van der Waals surface area contributed by atoms with Gasteiger partial charge in [0, 0.05) is 6.54 Å². The standard InChI is InChI=1S/C11H16N4O4/c1-3-12-9-5-8(15(17)18)6-10(14-9)13-7-11(16)19-4-2/h5-6H,3-4,7H2,1-2H3,(H2,12,13,14). The van der Waals surface area contributed by atoms with Crippen molar-refractivity contribution in [3.63, 3.8) is 0 Å². The molecule has 1 aromatic heterocycles. The first-order valence-electron chi connectivity index (χ1n) is 5.86. The van der Waals surface area contributed by atoms with Gasteiger partial charge in [0.25, 0.3) is 5.69 Å². The molecule has 0 aliphatic carbocycles. The highest BCUT2D eigenvalue weighted by Crippen LogP contribution is 2.20. The van der Waals surface area contributed by atoms with E-state index in [-0.39, 0.29) is 24.7 Å². The number of pyridine rings is 1. The Morgan fingerprint density at radius 2 is 2.00 bits per heavy atom. The fraction of sp³-hybridized carbons (Fsp3) is 0.455. The normalized spacial score (nSPS) is 9.79. The molecule has 8 heteroatoms. The van der Waals surface area contributed by atoms with Gasteiger partial charge < -0.3 is 15.4 Å². The Morgan fingerprint density at radius 3 is 2.53 bits per heavy atom. The lowest BCUT2D eigenvalue weighted by Crippen LogP contribution is -2.17. The molecule has 1 heterocycles. The minimum atomic E-state index is -0.516. The molecule has 0 saturated heterocycles. The van der Waals surface area contributed by atoms with Gasteiger partial charge in [0.05, 0.1) is 23.7 Å². The van der Waals surface area contributed by atoms with E-state index in [4.69, 9.17) is 4.74 Å². The fourth-order valence-electron chi connectivity index (χ4n) is 1.36. The van der Waals surface area contributed by atoms with Gasteiger partial charge in [-0.15, -0.1) is 0 Å². The average molecular weight is 268 g/mol. The maximum absolute atomic E-state index is 11.2. The van der Waals surface area contributed by atoms with Crippen LogP contribution in [-0.4, -0.2) is 35.6 Å². The third kappa shape index (κ3) is 4.78. The van der Waals surface area contributed by atoms with Gasteiger partial charge in [-0.1, -0.05) is 0 Å². The van der Waals surface area contributed by atoms with Crippen LogP contribution >= 0.6 is 0 Å². The Hall–Kier alpha value is -2.38. The molecule has 0 unspecified atom stereocenters. The fourth-order valence-corrected chi connectivity index (χ4v) is 1.36. The van der Waals surface area contributed by atoms with Crippen molar-refractivity contribution in [1.29, 1.82) is 0 Å². The first kappa shape index (κ1) is 14.7.